The number of phenols is 2. The molecule has 4 aromatic rings. The molecular formula is C37H42N4O6S. The maximum atomic E-state index is 12.9. The molecule has 0 bridgehead atoms. The number of rotatable bonds is 12. The largest absolute Gasteiger partial charge is 0.508 e. The van der Waals surface area contributed by atoms with Crippen LogP contribution in [-0.4, -0.2) is 71.9 Å². The van der Waals surface area contributed by atoms with E-state index in [2.05, 4.69) is 58.2 Å². The molecule has 1 saturated heterocycles. The first kappa shape index (κ1) is 33.5. The van der Waals surface area contributed by atoms with E-state index < -0.39 is 6.10 Å². The van der Waals surface area contributed by atoms with Crippen molar-refractivity contribution in [1.82, 2.24) is 15.5 Å². The lowest BCUT2D eigenvalue weighted by molar-refractivity contribution is -0.118. The third-order valence-corrected chi connectivity index (χ3v) is 10.3. The summed E-state index contributed by atoms with van der Waals surface area (Å²) in [6.45, 7) is 2.93. The second kappa shape index (κ2) is 14.8. The summed E-state index contributed by atoms with van der Waals surface area (Å²) in [7, 11) is 2.14. The fraction of sp³-hybridized carbons (Fsp3) is 0.351. The van der Waals surface area contributed by atoms with E-state index in [-0.39, 0.29) is 47.6 Å². The van der Waals surface area contributed by atoms with Crippen LogP contribution in [0.25, 0.3) is 0 Å². The number of nitrogens with one attached hydrogen (secondary N) is 3. The molecule has 0 saturated carbocycles. The normalized spacial score (nSPS) is 16.4. The second-order valence-corrected chi connectivity index (χ2v) is 13.6. The van der Waals surface area contributed by atoms with Crippen molar-refractivity contribution in [2.45, 2.75) is 43.7 Å². The van der Waals surface area contributed by atoms with Gasteiger partial charge in [0.25, 0.3) is 11.8 Å². The summed E-state index contributed by atoms with van der Waals surface area (Å²) in [6, 6.07) is 21.3. The van der Waals surface area contributed by atoms with Crippen LogP contribution in [0.1, 0.15) is 62.9 Å². The molecule has 1 fully saturated rings. The number of fused-ring (bicyclic) bond motifs is 1. The number of hydrogen-bond donors (Lipinski definition) is 6. The number of amides is 2. The average molecular weight is 671 g/mol. The van der Waals surface area contributed by atoms with Crippen molar-refractivity contribution in [3.63, 3.8) is 0 Å². The zero-order valence-electron chi connectivity index (χ0n) is 27.0. The van der Waals surface area contributed by atoms with Gasteiger partial charge in [-0.05, 0) is 81.2 Å². The van der Waals surface area contributed by atoms with Gasteiger partial charge in [-0.2, -0.15) is 0 Å². The Morgan fingerprint density at radius 1 is 1.06 bits per heavy atom. The maximum Gasteiger partial charge on any atom is 0.262 e. The van der Waals surface area contributed by atoms with E-state index in [9.17, 15) is 24.9 Å². The number of nitrogens with zero attached hydrogens (tertiary/aromatic N) is 1. The van der Waals surface area contributed by atoms with Gasteiger partial charge in [0.05, 0.1) is 11.7 Å². The van der Waals surface area contributed by atoms with Gasteiger partial charge in [-0.1, -0.05) is 42.5 Å². The van der Waals surface area contributed by atoms with Crippen LogP contribution in [0.3, 0.4) is 0 Å². The second-order valence-electron chi connectivity index (χ2n) is 12.6. The standard InChI is InChI=1S/C37H42N4O6S/c1-41-16-13-37(14-17-41,26-7-3-2-4-8-26)29-18-24(9-11-30(29)42)6-5-15-39-36(46)25-19-27(48-23-25)20-38-21-32(44)28-10-12-31(43)34-35(28)47-22-33(45)40-34/h2-4,7-12,18-19,23,32,38,42-44H,5-6,13-17,20-22H2,1H3,(H,39,46)(H,40,45). The number of benzene rings is 3. The molecular weight excluding hydrogens is 628 g/mol. The zero-order valence-corrected chi connectivity index (χ0v) is 27.8. The van der Waals surface area contributed by atoms with E-state index in [1.54, 1.807) is 6.07 Å². The number of piperidine rings is 1. The molecule has 10 nitrogen and oxygen atoms in total. The van der Waals surface area contributed by atoms with Crippen molar-refractivity contribution in [3.8, 4) is 17.2 Å². The number of thiophene rings is 1. The van der Waals surface area contributed by atoms with Crippen LogP contribution in [0.2, 0.25) is 0 Å². The SMILES string of the molecule is CN1CCC(c2ccccc2)(c2cc(CCCNC(=O)c3csc(CNCC(O)c4ccc(O)c5c4OCC(=O)N5)c3)ccc2O)CC1. The van der Waals surface area contributed by atoms with Gasteiger partial charge in [-0.25, -0.2) is 0 Å². The van der Waals surface area contributed by atoms with E-state index in [0.717, 1.165) is 54.8 Å². The number of phenolic OH excluding ortho intramolecular Hbond substituents is 2. The summed E-state index contributed by atoms with van der Waals surface area (Å²) < 4.78 is 5.47. The van der Waals surface area contributed by atoms with E-state index >= 15 is 0 Å². The smallest absolute Gasteiger partial charge is 0.262 e. The summed E-state index contributed by atoms with van der Waals surface area (Å²) in [5.74, 6) is -0.0283. The Bertz CT molecular complexity index is 1750. The van der Waals surface area contributed by atoms with Crippen LogP contribution in [0.5, 0.6) is 17.2 Å². The van der Waals surface area contributed by atoms with Gasteiger partial charge in [0.2, 0.25) is 0 Å². The molecule has 0 spiro atoms. The van der Waals surface area contributed by atoms with Crippen molar-refractivity contribution in [2.24, 2.45) is 0 Å². The van der Waals surface area contributed by atoms with Crippen LogP contribution in [-0.2, 0) is 23.2 Å². The maximum absolute atomic E-state index is 12.9. The van der Waals surface area contributed by atoms with Crippen LogP contribution >= 0.6 is 11.3 Å². The van der Waals surface area contributed by atoms with Crippen LogP contribution in [0.15, 0.2) is 72.1 Å². The first-order valence-corrected chi connectivity index (χ1v) is 17.2. The number of aryl methyl sites for hydroxylation is 1. The van der Waals surface area contributed by atoms with Gasteiger partial charge < -0.3 is 40.9 Å². The number of aromatic hydroxyl groups is 2. The number of aliphatic hydroxyl groups excluding tert-OH is 1. The molecule has 2 aliphatic heterocycles. The van der Waals surface area contributed by atoms with Crippen molar-refractivity contribution in [2.75, 3.05) is 45.2 Å². The number of ether oxygens (including phenoxy) is 1. The quantitative estimate of drug-likeness (QED) is 0.0942. The van der Waals surface area contributed by atoms with Crippen LogP contribution < -0.4 is 20.7 Å². The van der Waals surface area contributed by atoms with Gasteiger partial charge in [0.15, 0.2) is 12.4 Å². The molecule has 1 atom stereocenters. The highest BCUT2D eigenvalue weighted by atomic mass is 32.1. The number of carbonyl (C=O) groups is 2. The first-order chi connectivity index (χ1) is 23.2. The van der Waals surface area contributed by atoms with Crippen molar-refractivity contribution in [3.05, 3.63) is 105 Å². The molecule has 6 N–H and O–H groups in total. The predicted octanol–water partition coefficient (Wildman–Crippen LogP) is 4.69. The first-order valence-electron chi connectivity index (χ1n) is 16.3. The summed E-state index contributed by atoms with van der Waals surface area (Å²) in [5.41, 5.74) is 4.34. The Morgan fingerprint density at radius 2 is 1.83 bits per heavy atom. The summed E-state index contributed by atoms with van der Waals surface area (Å²) in [5, 5.41) is 42.5. The number of carbonyl (C=O) groups excluding carboxylic acids is 2. The Morgan fingerprint density at radius 3 is 2.62 bits per heavy atom. The monoisotopic (exact) mass is 670 g/mol. The number of likely N-dealkylation sites (tertiary alicyclic amines) is 1. The summed E-state index contributed by atoms with van der Waals surface area (Å²) >= 11 is 1.46. The minimum atomic E-state index is -0.935. The highest BCUT2D eigenvalue weighted by Gasteiger charge is 2.39. The molecule has 48 heavy (non-hydrogen) atoms. The van der Waals surface area contributed by atoms with E-state index in [4.69, 9.17) is 4.74 Å². The van der Waals surface area contributed by atoms with Crippen molar-refractivity contribution in [1.29, 1.82) is 0 Å². The van der Waals surface area contributed by atoms with Gasteiger partial charge in [0, 0.05) is 46.4 Å². The molecule has 2 aliphatic rings. The molecule has 252 valence electrons. The van der Waals surface area contributed by atoms with Crippen molar-refractivity contribution >= 4 is 28.8 Å². The van der Waals surface area contributed by atoms with Gasteiger partial charge in [-0.15, -0.1) is 11.3 Å². The fourth-order valence-corrected chi connectivity index (χ4v) is 7.50. The van der Waals surface area contributed by atoms with Crippen LogP contribution in [0, 0.1) is 0 Å². The summed E-state index contributed by atoms with van der Waals surface area (Å²) in [4.78, 5) is 27.8. The molecule has 1 aromatic heterocycles. The van der Waals surface area contributed by atoms with E-state index in [1.807, 2.05) is 29.6 Å². The number of hydrogen-bond acceptors (Lipinski definition) is 9. The Labute approximate surface area is 284 Å². The number of aliphatic hydroxyl groups is 1. The molecule has 11 heteroatoms. The van der Waals surface area contributed by atoms with Gasteiger partial charge in [-0.3, -0.25) is 9.59 Å². The molecule has 3 aromatic carbocycles. The highest BCUT2D eigenvalue weighted by molar-refractivity contribution is 7.10. The number of anilines is 1. The molecule has 6 rings (SSSR count). The average Bonchev–Trinajstić information content (AvgIpc) is 3.58. The fourth-order valence-electron chi connectivity index (χ4n) is 6.66. The summed E-state index contributed by atoms with van der Waals surface area (Å²) in [6.07, 6.45) is 2.49. The lowest BCUT2D eigenvalue weighted by Gasteiger charge is -2.42. The third kappa shape index (κ3) is 7.34. The molecule has 0 aliphatic carbocycles. The zero-order chi connectivity index (χ0) is 33.7. The lowest BCUT2D eigenvalue weighted by atomic mass is 9.67. The topological polar surface area (TPSA) is 143 Å². The van der Waals surface area contributed by atoms with Gasteiger partial charge >= 0.3 is 0 Å². The lowest BCUT2D eigenvalue weighted by Crippen LogP contribution is -2.41. The van der Waals surface area contributed by atoms with Gasteiger partial charge in [0.1, 0.15) is 17.2 Å². The molecule has 1 unspecified atom stereocenters. The predicted molar refractivity (Wildman–Crippen MR) is 186 cm³/mol. The van der Waals surface area contributed by atoms with E-state index in [1.165, 1.54) is 23.0 Å². The van der Waals surface area contributed by atoms with E-state index in [0.29, 0.717) is 30.0 Å². The minimum absolute atomic E-state index is 0.124. The molecule has 2 amide bonds. The highest BCUT2D eigenvalue weighted by Crippen LogP contribution is 2.45. The van der Waals surface area contributed by atoms with Crippen LogP contribution in [0.4, 0.5) is 5.69 Å². The van der Waals surface area contributed by atoms with Crippen molar-refractivity contribution < 1.29 is 29.6 Å². The third-order valence-electron chi connectivity index (χ3n) is 9.36. The molecule has 0 radical (unpaired) electrons. The Balaban J connectivity index is 0.993. The molecule has 3 heterocycles. The minimum Gasteiger partial charge on any atom is -0.508 e. The Kier molecular flexibility index (Phi) is 10.3. The Hall–Kier alpha value is -4.42.